The Morgan fingerprint density at radius 3 is 2.12 bits per heavy atom. The Morgan fingerprint density at radius 1 is 1.08 bits per heavy atom. The first-order chi connectivity index (χ1) is 11.4. The van der Waals surface area contributed by atoms with Crippen molar-refractivity contribution in [1.29, 1.82) is 0 Å². The van der Waals surface area contributed by atoms with E-state index in [2.05, 4.69) is 36.6 Å². The second-order valence-corrected chi connectivity index (χ2v) is 9.17. The van der Waals surface area contributed by atoms with Gasteiger partial charge in [-0.05, 0) is 0 Å². The second-order valence-electron chi connectivity index (χ2n) is 7.48. The van der Waals surface area contributed by atoms with Crippen molar-refractivity contribution in [3.8, 4) is 11.7 Å². The fourth-order valence-electron chi connectivity index (χ4n) is 1.92. The molecule has 0 atom stereocenters. The van der Waals surface area contributed by atoms with Gasteiger partial charge in [0.25, 0.3) is 0 Å². The number of hydrogen-bond donors (Lipinski definition) is 0. The summed E-state index contributed by atoms with van der Waals surface area (Å²) in [5.74, 6) is 0. The van der Waals surface area contributed by atoms with Gasteiger partial charge in [0, 0.05) is 0 Å². The van der Waals surface area contributed by atoms with Gasteiger partial charge < -0.3 is 0 Å². The summed E-state index contributed by atoms with van der Waals surface area (Å²) in [6.07, 6.45) is -0.573. The van der Waals surface area contributed by atoms with Crippen LogP contribution in [0.25, 0.3) is 5.69 Å². The molecule has 1 aromatic carbocycles. The maximum absolute atomic E-state index is 12.5. The molecule has 136 valence electrons. The predicted octanol–water partition coefficient (Wildman–Crippen LogP) is 4.10. The SMILES string of the molecule is CC(C)(C)OC(=O)n1nc(OC(C)(C)C)n(-c2ccc(Br)cc2)c1=[Se]. The van der Waals surface area contributed by atoms with E-state index in [9.17, 15) is 4.79 Å². The van der Waals surface area contributed by atoms with E-state index in [0.717, 1.165) is 10.2 Å². The summed E-state index contributed by atoms with van der Waals surface area (Å²) < 4.78 is 15.7. The van der Waals surface area contributed by atoms with E-state index in [0.29, 0.717) is 10.3 Å². The first-order valence-electron chi connectivity index (χ1n) is 7.78. The molecule has 0 bridgehead atoms. The van der Waals surface area contributed by atoms with E-state index >= 15 is 0 Å². The Kier molecular flexibility index (Phi) is 5.66. The molecule has 0 amide bonds. The Hall–Kier alpha value is -1.37. The molecule has 25 heavy (non-hydrogen) atoms. The first-order valence-corrected chi connectivity index (χ1v) is 9.43. The summed E-state index contributed by atoms with van der Waals surface area (Å²) in [6.45, 7) is 11.2. The number of aromatic nitrogens is 3. The molecular formula is C17H22BrN3O3Se. The summed E-state index contributed by atoms with van der Waals surface area (Å²) in [6, 6.07) is 7.93. The molecule has 0 aliphatic rings. The van der Waals surface area contributed by atoms with Crippen LogP contribution in [0.1, 0.15) is 41.5 Å². The zero-order chi connectivity index (χ0) is 19.0. The van der Waals surface area contributed by atoms with Crippen molar-refractivity contribution >= 4 is 37.6 Å². The van der Waals surface area contributed by atoms with Gasteiger partial charge in [0.2, 0.25) is 0 Å². The van der Waals surface area contributed by atoms with Crippen LogP contribution in [0.3, 0.4) is 0 Å². The van der Waals surface area contributed by atoms with Crippen LogP contribution in [-0.4, -0.2) is 47.2 Å². The number of benzene rings is 1. The van der Waals surface area contributed by atoms with Crippen LogP contribution >= 0.6 is 15.9 Å². The van der Waals surface area contributed by atoms with Crippen LogP contribution in [0.15, 0.2) is 28.7 Å². The standard InChI is InChI=1S/C17H22BrN3O3Se/c1-16(2,3)23-13-19-21(15(22)24-17(4,5)6)14(25)20(13)12-9-7-11(18)8-10-12/h7-10H,1-6H3. The number of hydrogen-bond acceptors (Lipinski definition) is 4. The van der Waals surface area contributed by atoms with E-state index in [1.165, 1.54) is 4.68 Å². The van der Waals surface area contributed by atoms with E-state index in [4.69, 9.17) is 9.47 Å². The van der Waals surface area contributed by atoms with Gasteiger partial charge >= 0.3 is 164 Å². The van der Waals surface area contributed by atoms with Gasteiger partial charge in [0.05, 0.1) is 0 Å². The fraction of sp³-hybridized carbons (Fsp3) is 0.471. The molecule has 0 aliphatic carbocycles. The molecular weight excluding hydrogens is 453 g/mol. The fourth-order valence-corrected chi connectivity index (χ4v) is 2.82. The van der Waals surface area contributed by atoms with Crippen molar-refractivity contribution in [3.63, 3.8) is 0 Å². The molecule has 1 aromatic heterocycles. The molecule has 0 saturated carbocycles. The Bertz CT molecular complexity index is 827. The van der Waals surface area contributed by atoms with Gasteiger partial charge in [-0.2, -0.15) is 0 Å². The minimum absolute atomic E-state index is 0.300. The molecule has 2 rings (SSSR count). The van der Waals surface area contributed by atoms with Crippen molar-refractivity contribution in [2.75, 3.05) is 0 Å². The predicted molar refractivity (Wildman–Crippen MR) is 100 cm³/mol. The van der Waals surface area contributed by atoms with Crippen molar-refractivity contribution in [2.24, 2.45) is 0 Å². The van der Waals surface area contributed by atoms with Crippen LogP contribution in [-0.2, 0) is 4.74 Å². The second kappa shape index (κ2) is 7.09. The number of ether oxygens (including phenoxy) is 2. The quantitative estimate of drug-likeness (QED) is 0.615. The number of carbonyl (C=O) groups is 1. The topological polar surface area (TPSA) is 58.3 Å². The molecule has 0 aliphatic heterocycles. The minimum atomic E-state index is -0.622. The summed E-state index contributed by atoms with van der Waals surface area (Å²) in [7, 11) is 0. The van der Waals surface area contributed by atoms with Crippen molar-refractivity contribution < 1.29 is 14.3 Å². The van der Waals surface area contributed by atoms with E-state index in [1.807, 2.05) is 65.8 Å². The van der Waals surface area contributed by atoms with Crippen LogP contribution in [0.4, 0.5) is 4.79 Å². The van der Waals surface area contributed by atoms with Crippen molar-refractivity contribution in [3.05, 3.63) is 33.1 Å². The molecule has 0 unspecified atom stereocenters. The first kappa shape index (κ1) is 19.9. The van der Waals surface area contributed by atoms with Gasteiger partial charge in [-0.15, -0.1) is 0 Å². The molecule has 0 N–H and O–H groups in total. The average molecular weight is 475 g/mol. The van der Waals surface area contributed by atoms with Gasteiger partial charge in [-0.3, -0.25) is 0 Å². The van der Waals surface area contributed by atoms with E-state index in [1.54, 1.807) is 4.57 Å². The third-order valence-electron chi connectivity index (χ3n) is 2.80. The molecule has 1 heterocycles. The molecule has 8 heteroatoms. The number of nitrogens with zero attached hydrogens (tertiary/aromatic N) is 3. The van der Waals surface area contributed by atoms with Crippen LogP contribution < -0.4 is 4.74 Å². The summed E-state index contributed by atoms with van der Waals surface area (Å²) in [4.78, 5) is 12.5. The maximum atomic E-state index is 12.5. The molecule has 0 fully saturated rings. The van der Waals surface area contributed by atoms with Gasteiger partial charge in [-0.1, -0.05) is 0 Å². The molecule has 0 spiro atoms. The number of carbonyl (C=O) groups excluding carboxylic acids is 1. The number of halogens is 1. The monoisotopic (exact) mass is 475 g/mol. The summed E-state index contributed by atoms with van der Waals surface area (Å²) >= 11 is 6.32. The van der Waals surface area contributed by atoms with Crippen molar-refractivity contribution in [1.82, 2.24) is 14.3 Å². The summed E-state index contributed by atoms with van der Waals surface area (Å²) in [5, 5.41) is 4.32. The molecule has 0 saturated heterocycles. The van der Waals surface area contributed by atoms with Gasteiger partial charge in [0.15, 0.2) is 0 Å². The average Bonchev–Trinajstić information content (AvgIpc) is 2.73. The normalized spacial score (nSPS) is 12.1. The Labute approximate surface area is 163 Å². The Morgan fingerprint density at radius 2 is 1.64 bits per heavy atom. The third-order valence-corrected chi connectivity index (χ3v) is 4.07. The zero-order valence-electron chi connectivity index (χ0n) is 15.2. The van der Waals surface area contributed by atoms with E-state index in [-0.39, 0.29) is 0 Å². The van der Waals surface area contributed by atoms with Crippen molar-refractivity contribution in [2.45, 2.75) is 52.7 Å². The van der Waals surface area contributed by atoms with E-state index < -0.39 is 17.3 Å². The molecule has 0 radical (unpaired) electrons. The van der Waals surface area contributed by atoms with Gasteiger partial charge in [-0.25, -0.2) is 0 Å². The summed E-state index contributed by atoms with van der Waals surface area (Å²) in [5.41, 5.74) is -0.286. The number of rotatable bonds is 2. The molecule has 6 nitrogen and oxygen atoms in total. The van der Waals surface area contributed by atoms with Crippen LogP contribution in [0.5, 0.6) is 6.01 Å². The van der Waals surface area contributed by atoms with Gasteiger partial charge in [0.1, 0.15) is 0 Å². The van der Waals surface area contributed by atoms with Crippen LogP contribution in [0.2, 0.25) is 0 Å². The van der Waals surface area contributed by atoms with Crippen LogP contribution in [0, 0.1) is 4.32 Å². The zero-order valence-corrected chi connectivity index (χ0v) is 18.5. The molecule has 2 aromatic rings. The Balaban J connectivity index is 2.58. The third kappa shape index (κ3) is 5.30.